The Morgan fingerprint density at radius 3 is 2.15 bits per heavy atom. The van der Waals surface area contributed by atoms with Gasteiger partial charge in [0.1, 0.15) is 23.3 Å². The van der Waals surface area contributed by atoms with E-state index in [1.807, 2.05) is 0 Å². The molecule has 0 aliphatic rings. The van der Waals surface area contributed by atoms with Crippen LogP contribution in [0.4, 0.5) is 23.2 Å². The summed E-state index contributed by atoms with van der Waals surface area (Å²) in [6, 6.07) is 5.70. The number of anilines is 1. The number of hydrogen-bond donors (Lipinski definition) is 1. The van der Waals surface area contributed by atoms with Crippen LogP contribution in [0.3, 0.4) is 0 Å². The van der Waals surface area contributed by atoms with Gasteiger partial charge in [0.2, 0.25) is 11.6 Å². The lowest BCUT2D eigenvalue weighted by molar-refractivity contribution is 0.409. The maximum Gasteiger partial charge on any atom is 0.253 e. The van der Waals surface area contributed by atoms with Crippen LogP contribution in [0.15, 0.2) is 36.7 Å². The summed E-state index contributed by atoms with van der Waals surface area (Å²) in [5.41, 5.74) is -0.407. The number of rotatable bonds is 5. The molecule has 0 aliphatic heterocycles. The number of nitrogens with one attached hydrogen (secondary N) is 1. The van der Waals surface area contributed by atoms with Gasteiger partial charge in [-0.25, -0.2) is 4.98 Å². The van der Waals surface area contributed by atoms with Gasteiger partial charge in [-0.15, -0.1) is 0 Å². The highest BCUT2D eigenvalue weighted by Crippen LogP contribution is 2.30. The molecule has 1 N–H and O–H groups in total. The van der Waals surface area contributed by atoms with Crippen molar-refractivity contribution in [2.75, 3.05) is 12.4 Å². The van der Waals surface area contributed by atoms with Gasteiger partial charge in [-0.2, -0.15) is 22.5 Å². The van der Waals surface area contributed by atoms with Crippen LogP contribution < -0.4 is 10.1 Å². The number of halogens is 4. The third kappa shape index (κ3) is 3.19. The van der Waals surface area contributed by atoms with Crippen molar-refractivity contribution in [3.8, 4) is 5.75 Å². The van der Waals surface area contributed by atoms with E-state index in [0.717, 1.165) is 0 Å². The van der Waals surface area contributed by atoms with Crippen molar-refractivity contribution < 1.29 is 22.3 Å². The van der Waals surface area contributed by atoms with Crippen LogP contribution in [0.5, 0.6) is 5.75 Å². The first kappa shape index (κ1) is 17.7. The number of imidazole rings is 1. The third-order valence-electron chi connectivity index (χ3n) is 3.85. The monoisotopic (exact) mass is 366 g/mol. The van der Waals surface area contributed by atoms with Crippen LogP contribution >= 0.6 is 0 Å². The average Bonchev–Trinajstić information content (AvgIpc) is 3.06. The zero-order chi connectivity index (χ0) is 18.8. The molecule has 0 saturated carbocycles. The van der Waals surface area contributed by atoms with Gasteiger partial charge in [-0.05, 0) is 17.7 Å². The molecule has 1 aromatic carbocycles. The maximum absolute atomic E-state index is 14.0. The normalized spacial score (nSPS) is 12.1. The molecule has 136 valence electrons. The highest BCUT2D eigenvalue weighted by Gasteiger charge is 2.26. The first-order valence-corrected chi connectivity index (χ1v) is 7.50. The Morgan fingerprint density at radius 1 is 1.04 bits per heavy atom. The number of hydrogen-bond acceptors (Lipinski definition) is 4. The third-order valence-corrected chi connectivity index (χ3v) is 3.85. The fourth-order valence-electron chi connectivity index (χ4n) is 2.51. The first-order valence-electron chi connectivity index (χ1n) is 7.50. The van der Waals surface area contributed by atoms with Crippen LogP contribution in [0.2, 0.25) is 0 Å². The molecule has 2 aromatic heterocycles. The minimum Gasteiger partial charge on any atom is -0.497 e. The van der Waals surface area contributed by atoms with E-state index in [9.17, 15) is 17.6 Å². The molecule has 1 atom stereocenters. The number of aromatic nitrogens is 3. The molecular formula is C17H14F4N4O. The highest BCUT2D eigenvalue weighted by atomic mass is 19.2. The number of pyridine rings is 1. The molecular weight excluding hydrogens is 352 g/mol. The Kier molecular flexibility index (Phi) is 4.79. The number of benzene rings is 1. The van der Waals surface area contributed by atoms with Crippen molar-refractivity contribution in [3.05, 3.63) is 71.6 Å². The molecule has 0 fully saturated rings. The van der Waals surface area contributed by atoms with E-state index in [1.54, 1.807) is 42.1 Å². The summed E-state index contributed by atoms with van der Waals surface area (Å²) in [7, 11) is 3.18. The summed E-state index contributed by atoms with van der Waals surface area (Å²) in [6.45, 7) is 0. The molecule has 0 spiro atoms. The Hall–Kier alpha value is -3.10. The first-order chi connectivity index (χ1) is 12.4. The van der Waals surface area contributed by atoms with Crippen LogP contribution in [0, 0.1) is 23.5 Å². The number of ether oxygens (including phenoxy) is 1. The van der Waals surface area contributed by atoms with Crippen molar-refractivity contribution in [1.82, 2.24) is 14.5 Å². The zero-order valence-electron chi connectivity index (χ0n) is 13.8. The van der Waals surface area contributed by atoms with E-state index >= 15 is 0 Å². The second kappa shape index (κ2) is 7.03. The van der Waals surface area contributed by atoms with Gasteiger partial charge in [-0.1, -0.05) is 12.1 Å². The molecule has 5 nitrogen and oxygen atoms in total. The van der Waals surface area contributed by atoms with E-state index in [2.05, 4.69) is 15.3 Å². The lowest BCUT2D eigenvalue weighted by atomic mass is 10.1. The molecule has 3 rings (SSSR count). The molecule has 26 heavy (non-hydrogen) atoms. The predicted octanol–water partition coefficient (Wildman–Crippen LogP) is 3.58. The van der Waals surface area contributed by atoms with Gasteiger partial charge in [0.25, 0.3) is 11.9 Å². The van der Waals surface area contributed by atoms with Crippen LogP contribution in [0.1, 0.15) is 17.4 Å². The van der Waals surface area contributed by atoms with Crippen molar-refractivity contribution in [1.29, 1.82) is 0 Å². The number of nitrogens with zero attached hydrogens (tertiary/aromatic N) is 3. The molecule has 3 aromatic rings. The Labute approximate surface area is 146 Å². The molecule has 0 aliphatic carbocycles. The average molecular weight is 366 g/mol. The zero-order valence-corrected chi connectivity index (χ0v) is 13.8. The van der Waals surface area contributed by atoms with Crippen LogP contribution in [0.25, 0.3) is 0 Å². The Bertz CT molecular complexity index is 901. The van der Waals surface area contributed by atoms with Crippen LogP contribution in [-0.4, -0.2) is 21.6 Å². The van der Waals surface area contributed by atoms with E-state index < -0.39 is 35.3 Å². The molecule has 0 amide bonds. The van der Waals surface area contributed by atoms with Crippen molar-refractivity contribution in [2.45, 2.75) is 6.04 Å². The minimum absolute atomic E-state index is 0.381. The minimum atomic E-state index is -1.74. The van der Waals surface area contributed by atoms with Crippen molar-refractivity contribution >= 4 is 5.69 Å². The van der Waals surface area contributed by atoms with E-state index in [-0.39, 0.29) is 0 Å². The molecule has 1 unspecified atom stereocenters. The van der Waals surface area contributed by atoms with Crippen molar-refractivity contribution in [2.24, 2.45) is 7.05 Å². The molecule has 9 heteroatoms. The molecule has 0 radical (unpaired) electrons. The van der Waals surface area contributed by atoms with Gasteiger partial charge in [-0.3, -0.25) is 0 Å². The SMILES string of the molecule is COc1ccc(C(Nc2c(F)c(F)nc(F)c2F)c2nccn2C)cc1. The summed E-state index contributed by atoms with van der Waals surface area (Å²) in [5, 5.41) is 2.50. The maximum atomic E-state index is 14.0. The fraction of sp³-hybridized carbons (Fsp3) is 0.176. The predicted molar refractivity (Wildman–Crippen MR) is 85.7 cm³/mol. The summed E-state index contributed by atoms with van der Waals surface area (Å²) in [4.78, 5) is 6.71. The lowest BCUT2D eigenvalue weighted by Crippen LogP contribution is -2.19. The second-order valence-electron chi connectivity index (χ2n) is 5.44. The van der Waals surface area contributed by atoms with E-state index in [0.29, 0.717) is 17.1 Å². The standard InChI is InChI=1S/C17H14F4N4O/c1-25-8-7-22-17(25)13(9-3-5-10(26-2)6-4-9)23-14-11(18)15(20)24-16(21)12(14)19/h3-8,13H,1-2H3,(H,23,24). The van der Waals surface area contributed by atoms with E-state index in [1.165, 1.54) is 13.3 Å². The summed E-state index contributed by atoms with van der Waals surface area (Å²) < 4.78 is 61.6. The smallest absolute Gasteiger partial charge is 0.253 e. The largest absolute Gasteiger partial charge is 0.497 e. The number of aryl methyl sites for hydroxylation is 1. The van der Waals surface area contributed by atoms with Crippen molar-refractivity contribution in [3.63, 3.8) is 0 Å². The van der Waals surface area contributed by atoms with Gasteiger partial charge in [0, 0.05) is 19.4 Å². The Morgan fingerprint density at radius 2 is 1.65 bits per heavy atom. The summed E-state index contributed by atoms with van der Waals surface area (Å²) in [5.74, 6) is -5.75. The van der Waals surface area contributed by atoms with E-state index in [4.69, 9.17) is 4.74 Å². The topological polar surface area (TPSA) is 52.0 Å². The van der Waals surface area contributed by atoms with Gasteiger partial charge < -0.3 is 14.6 Å². The summed E-state index contributed by atoms with van der Waals surface area (Å²) in [6.07, 6.45) is 3.13. The lowest BCUT2D eigenvalue weighted by Gasteiger charge is -2.21. The molecule has 0 bridgehead atoms. The number of methoxy groups -OCH3 is 1. The van der Waals surface area contributed by atoms with Gasteiger partial charge >= 0.3 is 0 Å². The van der Waals surface area contributed by atoms with Gasteiger partial charge in [0.05, 0.1) is 7.11 Å². The molecule has 0 saturated heterocycles. The summed E-state index contributed by atoms with van der Waals surface area (Å²) >= 11 is 0. The van der Waals surface area contributed by atoms with Gasteiger partial charge in [0.15, 0.2) is 0 Å². The fourth-order valence-corrected chi connectivity index (χ4v) is 2.51. The Balaban J connectivity index is 2.09. The highest BCUT2D eigenvalue weighted by molar-refractivity contribution is 5.50. The van der Waals surface area contributed by atoms with Crippen LogP contribution in [-0.2, 0) is 7.05 Å². The quantitative estimate of drug-likeness (QED) is 0.554. The molecule has 2 heterocycles. The second-order valence-corrected chi connectivity index (χ2v) is 5.44.